The van der Waals surface area contributed by atoms with Crippen LogP contribution in [0.4, 0.5) is 4.39 Å². The van der Waals surface area contributed by atoms with Crippen LogP contribution in [0.1, 0.15) is 88.2 Å². The van der Waals surface area contributed by atoms with Crippen LogP contribution in [0.25, 0.3) is 0 Å². The van der Waals surface area contributed by atoms with Crippen LogP contribution < -0.4 is 5.32 Å². The lowest BCUT2D eigenvalue weighted by molar-refractivity contribution is -0.139. The highest BCUT2D eigenvalue weighted by atomic mass is 19.1. The molecule has 6 nitrogen and oxygen atoms in total. The van der Waals surface area contributed by atoms with Gasteiger partial charge in [0.15, 0.2) is 0 Å². The molecule has 1 spiro atoms. The summed E-state index contributed by atoms with van der Waals surface area (Å²) in [5, 5.41) is 17.8. The highest BCUT2D eigenvalue weighted by Gasteiger charge is 2.47. The smallest absolute Gasteiger partial charge is 0.320 e. The van der Waals surface area contributed by atoms with E-state index in [1.54, 1.807) is 19.1 Å². The fourth-order valence-electron chi connectivity index (χ4n) is 7.86. The van der Waals surface area contributed by atoms with E-state index in [0.29, 0.717) is 5.92 Å². The molecule has 0 amide bonds. The lowest BCUT2D eigenvalue weighted by atomic mass is 9.75. The summed E-state index contributed by atoms with van der Waals surface area (Å²) < 4.78 is 16.5. The molecule has 1 saturated heterocycles. The van der Waals surface area contributed by atoms with Crippen molar-refractivity contribution >= 4 is 5.97 Å². The average Bonchev–Trinajstić information content (AvgIpc) is 3.52. The van der Waals surface area contributed by atoms with Gasteiger partial charge in [-0.2, -0.15) is 5.10 Å². The Balaban J connectivity index is 1.32. The zero-order valence-electron chi connectivity index (χ0n) is 22.9. The van der Waals surface area contributed by atoms with E-state index in [1.165, 1.54) is 29.4 Å². The molecule has 7 heteroatoms. The summed E-state index contributed by atoms with van der Waals surface area (Å²) in [5.74, 6) is -0.479. The minimum Gasteiger partial charge on any atom is -0.480 e. The molecule has 2 aromatic rings. The van der Waals surface area contributed by atoms with Gasteiger partial charge < -0.3 is 10.0 Å². The monoisotopic (exact) mass is 510 g/mol. The summed E-state index contributed by atoms with van der Waals surface area (Å²) in [6, 6.07) is 6.40. The normalized spacial score (nSPS) is 28.0. The molecule has 1 aromatic heterocycles. The molecule has 1 aromatic carbocycles. The number of carbonyl (C=O) groups is 1. The van der Waals surface area contributed by atoms with Gasteiger partial charge in [-0.05, 0) is 114 Å². The SMILES string of the molecule is CCc1nn(CC)c2c1CCC21CCN(C[C@H]2C[C@](C)(N[C@H](C)C(=O)O)C[C@@H]2c2cccc(F)c2)CC1. The third-order valence-corrected chi connectivity index (χ3v) is 9.59. The van der Waals surface area contributed by atoms with Crippen LogP contribution in [0.5, 0.6) is 0 Å². The Kier molecular flexibility index (Phi) is 7.22. The van der Waals surface area contributed by atoms with Crippen molar-refractivity contribution < 1.29 is 14.3 Å². The number of carboxylic acid groups (broad SMARTS) is 1. The molecular weight excluding hydrogens is 467 g/mol. The zero-order chi connectivity index (χ0) is 26.4. The number of likely N-dealkylation sites (tertiary alicyclic amines) is 1. The number of aliphatic carboxylic acids is 1. The fourth-order valence-corrected chi connectivity index (χ4v) is 7.86. The van der Waals surface area contributed by atoms with Crippen molar-refractivity contribution in [1.29, 1.82) is 0 Å². The molecule has 0 bridgehead atoms. The predicted octanol–water partition coefficient (Wildman–Crippen LogP) is 4.90. The van der Waals surface area contributed by atoms with Gasteiger partial charge in [-0.3, -0.25) is 14.8 Å². The Hall–Kier alpha value is -2.25. The summed E-state index contributed by atoms with van der Waals surface area (Å²) in [7, 11) is 0. The molecule has 2 fully saturated rings. The van der Waals surface area contributed by atoms with E-state index in [0.717, 1.165) is 70.3 Å². The van der Waals surface area contributed by atoms with Crippen molar-refractivity contribution in [2.45, 2.75) is 102 Å². The number of carboxylic acids is 1. The summed E-state index contributed by atoms with van der Waals surface area (Å²) in [4.78, 5) is 14.2. The number of nitrogens with one attached hydrogen (secondary N) is 1. The Morgan fingerprint density at radius 2 is 2.00 bits per heavy atom. The van der Waals surface area contributed by atoms with Gasteiger partial charge in [-0.1, -0.05) is 19.1 Å². The van der Waals surface area contributed by atoms with Gasteiger partial charge >= 0.3 is 5.97 Å². The van der Waals surface area contributed by atoms with Crippen LogP contribution in [0.2, 0.25) is 0 Å². The summed E-state index contributed by atoms with van der Waals surface area (Å²) in [6.07, 6.45) is 7.44. The number of hydrogen-bond acceptors (Lipinski definition) is 4. The van der Waals surface area contributed by atoms with Gasteiger partial charge in [0.2, 0.25) is 0 Å². The van der Waals surface area contributed by atoms with Crippen LogP contribution in [-0.4, -0.2) is 57.0 Å². The van der Waals surface area contributed by atoms with Crippen molar-refractivity contribution in [2.24, 2.45) is 5.92 Å². The average molecular weight is 511 g/mol. The van der Waals surface area contributed by atoms with Gasteiger partial charge in [0.25, 0.3) is 0 Å². The number of hydrogen-bond donors (Lipinski definition) is 2. The minimum absolute atomic E-state index is 0.201. The van der Waals surface area contributed by atoms with E-state index in [-0.39, 0.29) is 22.7 Å². The van der Waals surface area contributed by atoms with E-state index >= 15 is 0 Å². The maximum absolute atomic E-state index is 14.2. The molecule has 2 N–H and O–H groups in total. The Bertz CT molecular complexity index is 1140. The number of aryl methyl sites for hydroxylation is 2. The second-order valence-electron chi connectivity index (χ2n) is 12.1. The highest BCUT2D eigenvalue weighted by Crippen LogP contribution is 2.49. The van der Waals surface area contributed by atoms with E-state index in [4.69, 9.17) is 5.10 Å². The first-order valence-corrected chi connectivity index (χ1v) is 14.2. The second-order valence-corrected chi connectivity index (χ2v) is 12.1. The molecule has 0 radical (unpaired) electrons. The molecule has 0 unspecified atom stereocenters. The molecular formula is C30H43FN4O2. The maximum Gasteiger partial charge on any atom is 0.320 e. The third-order valence-electron chi connectivity index (χ3n) is 9.59. The molecule has 4 atom stereocenters. The Morgan fingerprint density at radius 1 is 1.24 bits per heavy atom. The van der Waals surface area contributed by atoms with E-state index in [9.17, 15) is 14.3 Å². The lowest BCUT2D eigenvalue weighted by Crippen LogP contribution is -2.49. The molecule has 1 aliphatic heterocycles. The molecule has 2 heterocycles. The molecule has 5 rings (SSSR count). The highest BCUT2D eigenvalue weighted by molar-refractivity contribution is 5.73. The number of aromatic nitrogens is 2. The van der Waals surface area contributed by atoms with Gasteiger partial charge in [-0.15, -0.1) is 0 Å². The summed E-state index contributed by atoms with van der Waals surface area (Å²) in [6.45, 7) is 12.3. The molecule has 37 heavy (non-hydrogen) atoms. The standard InChI is InChI=1S/C30H43FN4O2/c1-5-26-24-10-11-30(27(24)35(6-2)33-26)12-14-34(15-13-30)19-22-17-29(4,32-20(3)28(36)37)18-25(22)21-8-7-9-23(31)16-21/h7-9,16,20,22,25,32H,5-6,10-15,17-19H2,1-4H3,(H,36,37)/t20-,22-,25-,29+/m1/s1. The van der Waals surface area contributed by atoms with Crippen molar-refractivity contribution in [3.8, 4) is 0 Å². The largest absolute Gasteiger partial charge is 0.480 e. The Morgan fingerprint density at radius 3 is 2.65 bits per heavy atom. The number of piperidine rings is 1. The number of rotatable bonds is 8. The first-order valence-electron chi connectivity index (χ1n) is 14.2. The number of nitrogens with zero attached hydrogens (tertiary/aromatic N) is 3. The maximum atomic E-state index is 14.2. The molecule has 2 aliphatic carbocycles. The second kappa shape index (κ2) is 10.1. The first-order chi connectivity index (χ1) is 17.7. The van der Waals surface area contributed by atoms with Crippen LogP contribution in [0, 0.1) is 11.7 Å². The van der Waals surface area contributed by atoms with Gasteiger partial charge in [0, 0.05) is 29.7 Å². The van der Waals surface area contributed by atoms with Crippen LogP contribution in [-0.2, 0) is 29.6 Å². The summed E-state index contributed by atoms with van der Waals surface area (Å²) >= 11 is 0. The fraction of sp³-hybridized carbons (Fsp3) is 0.667. The van der Waals surface area contributed by atoms with E-state index in [2.05, 4.69) is 35.7 Å². The van der Waals surface area contributed by atoms with Gasteiger partial charge in [0.05, 0.1) is 5.69 Å². The third kappa shape index (κ3) is 4.97. The molecule has 202 valence electrons. The van der Waals surface area contributed by atoms with E-state index in [1.807, 2.05) is 6.07 Å². The minimum atomic E-state index is -0.832. The van der Waals surface area contributed by atoms with Crippen LogP contribution >= 0.6 is 0 Å². The molecule has 3 aliphatic rings. The van der Waals surface area contributed by atoms with Crippen LogP contribution in [0.3, 0.4) is 0 Å². The lowest BCUT2D eigenvalue weighted by Gasteiger charge is -2.41. The Labute approximate surface area is 220 Å². The molecule has 1 saturated carbocycles. The van der Waals surface area contributed by atoms with E-state index < -0.39 is 12.0 Å². The van der Waals surface area contributed by atoms with Crippen molar-refractivity contribution in [3.05, 3.63) is 52.6 Å². The van der Waals surface area contributed by atoms with Crippen molar-refractivity contribution in [2.75, 3.05) is 19.6 Å². The quantitative estimate of drug-likeness (QED) is 0.529. The topological polar surface area (TPSA) is 70.4 Å². The predicted molar refractivity (Wildman–Crippen MR) is 143 cm³/mol. The number of fused-ring (bicyclic) bond motifs is 2. The zero-order valence-corrected chi connectivity index (χ0v) is 22.9. The summed E-state index contributed by atoms with van der Waals surface area (Å²) in [5.41, 5.74) is 5.33. The first kappa shape index (κ1) is 26.4. The van der Waals surface area contributed by atoms with Crippen molar-refractivity contribution in [1.82, 2.24) is 20.0 Å². The number of benzene rings is 1. The van der Waals surface area contributed by atoms with Gasteiger partial charge in [-0.25, -0.2) is 4.39 Å². The van der Waals surface area contributed by atoms with Crippen molar-refractivity contribution in [3.63, 3.8) is 0 Å². The number of halogens is 1. The van der Waals surface area contributed by atoms with Gasteiger partial charge in [0.1, 0.15) is 11.9 Å². The van der Waals surface area contributed by atoms with Crippen LogP contribution in [0.15, 0.2) is 24.3 Å².